The first kappa shape index (κ1) is 12.0. The Morgan fingerprint density at radius 3 is 2.95 bits per heavy atom. The Bertz CT molecular complexity index is 717. The van der Waals surface area contributed by atoms with Gasteiger partial charge in [-0.25, -0.2) is 4.98 Å². The molecule has 2 aliphatic heterocycles. The van der Waals surface area contributed by atoms with Crippen molar-refractivity contribution < 1.29 is 14.3 Å². The summed E-state index contributed by atoms with van der Waals surface area (Å²) in [5, 5.41) is 6.13. The molecule has 0 saturated heterocycles. The van der Waals surface area contributed by atoms with Gasteiger partial charge < -0.3 is 20.1 Å². The van der Waals surface area contributed by atoms with Gasteiger partial charge in [-0.3, -0.25) is 4.79 Å². The van der Waals surface area contributed by atoms with Gasteiger partial charge in [0.05, 0.1) is 5.56 Å². The van der Waals surface area contributed by atoms with Crippen molar-refractivity contribution in [3.63, 3.8) is 0 Å². The highest BCUT2D eigenvalue weighted by atomic mass is 16.6. The summed E-state index contributed by atoms with van der Waals surface area (Å²) in [5.41, 5.74) is 1.37. The van der Waals surface area contributed by atoms with Crippen molar-refractivity contribution in [3.8, 4) is 11.5 Å². The zero-order chi connectivity index (χ0) is 14.2. The molecule has 1 atom stereocenters. The van der Waals surface area contributed by atoms with Crippen molar-refractivity contribution in [1.82, 2.24) is 10.3 Å². The third-order valence-corrected chi connectivity index (χ3v) is 3.52. The molecule has 3 heterocycles. The van der Waals surface area contributed by atoms with Crippen LogP contribution in [0.4, 0.5) is 5.82 Å². The fraction of sp³-hybridized carbons (Fsp3) is 0.200. The standard InChI is InChI=1S/C15H13N3O3/c19-15-10-4-2-6-16-13(10)17-14(18-15)9-3-1-5-11-12(9)21-8-7-20-11/h1-6,14H,7-8H2,(H,16,17)(H,18,19)/t14-/m0/s1. The predicted molar refractivity (Wildman–Crippen MR) is 75.5 cm³/mol. The number of rotatable bonds is 1. The number of anilines is 1. The van der Waals surface area contributed by atoms with Crippen LogP contribution in [-0.2, 0) is 0 Å². The van der Waals surface area contributed by atoms with Crippen LogP contribution in [0.5, 0.6) is 11.5 Å². The Morgan fingerprint density at radius 1 is 1.10 bits per heavy atom. The van der Waals surface area contributed by atoms with Crippen LogP contribution in [0.15, 0.2) is 36.5 Å². The summed E-state index contributed by atoms with van der Waals surface area (Å²) in [5.74, 6) is 1.78. The van der Waals surface area contributed by atoms with E-state index in [9.17, 15) is 4.79 Å². The number of pyridine rings is 1. The van der Waals surface area contributed by atoms with E-state index in [2.05, 4.69) is 15.6 Å². The van der Waals surface area contributed by atoms with Gasteiger partial charge in [-0.05, 0) is 18.2 Å². The van der Waals surface area contributed by atoms with Crippen LogP contribution in [0.2, 0.25) is 0 Å². The monoisotopic (exact) mass is 283 g/mol. The lowest BCUT2D eigenvalue weighted by molar-refractivity contribution is 0.0933. The molecule has 1 aromatic carbocycles. The maximum absolute atomic E-state index is 12.2. The highest BCUT2D eigenvalue weighted by Gasteiger charge is 2.29. The average molecular weight is 283 g/mol. The maximum atomic E-state index is 12.2. The molecular formula is C15H13N3O3. The minimum atomic E-state index is -0.392. The molecular weight excluding hydrogens is 270 g/mol. The van der Waals surface area contributed by atoms with Crippen LogP contribution in [0.1, 0.15) is 22.1 Å². The molecule has 0 spiro atoms. The number of fused-ring (bicyclic) bond motifs is 2. The Labute approximate surface area is 121 Å². The number of nitrogens with zero attached hydrogens (tertiary/aromatic N) is 1. The number of nitrogens with one attached hydrogen (secondary N) is 2. The number of hydrogen-bond acceptors (Lipinski definition) is 5. The van der Waals surface area contributed by atoms with Gasteiger partial charge in [0.25, 0.3) is 5.91 Å². The van der Waals surface area contributed by atoms with Crippen LogP contribution in [0.25, 0.3) is 0 Å². The second-order valence-corrected chi connectivity index (χ2v) is 4.82. The quantitative estimate of drug-likeness (QED) is 0.833. The van der Waals surface area contributed by atoms with Gasteiger partial charge in [0.15, 0.2) is 11.5 Å². The first-order chi connectivity index (χ1) is 10.3. The van der Waals surface area contributed by atoms with E-state index in [1.807, 2.05) is 18.2 Å². The van der Waals surface area contributed by atoms with E-state index in [4.69, 9.17) is 9.47 Å². The first-order valence-electron chi connectivity index (χ1n) is 6.74. The Balaban J connectivity index is 1.74. The summed E-state index contributed by atoms with van der Waals surface area (Å²) in [7, 11) is 0. The highest BCUT2D eigenvalue weighted by Crippen LogP contribution is 2.38. The maximum Gasteiger partial charge on any atom is 0.256 e. The van der Waals surface area contributed by atoms with Crippen molar-refractivity contribution in [3.05, 3.63) is 47.7 Å². The molecule has 4 rings (SSSR count). The topological polar surface area (TPSA) is 72.5 Å². The SMILES string of the molecule is O=C1N[C@@H](c2cccc3c2OCCO3)Nc2ncccc21. The Kier molecular flexibility index (Phi) is 2.67. The van der Waals surface area contributed by atoms with Crippen molar-refractivity contribution >= 4 is 11.7 Å². The molecule has 2 aliphatic rings. The summed E-state index contributed by atoms with van der Waals surface area (Å²) in [4.78, 5) is 16.4. The molecule has 1 amide bonds. The Morgan fingerprint density at radius 2 is 2.00 bits per heavy atom. The second-order valence-electron chi connectivity index (χ2n) is 4.82. The smallest absolute Gasteiger partial charge is 0.256 e. The van der Waals surface area contributed by atoms with Crippen LogP contribution in [0.3, 0.4) is 0 Å². The molecule has 0 unspecified atom stereocenters. The van der Waals surface area contributed by atoms with E-state index in [0.717, 1.165) is 5.56 Å². The fourth-order valence-corrected chi connectivity index (χ4v) is 2.56. The van der Waals surface area contributed by atoms with Crippen LogP contribution >= 0.6 is 0 Å². The van der Waals surface area contributed by atoms with E-state index >= 15 is 0 Å². The molecule has 0 bridgehead atoms. The number of carbonyl (C=O) groups excluding carboxylic acids is 1. The van der Waals surface area contributed by atoms with Gasteiger partial charge in [-0.1, -0.05) is 12.1 Å². The minimum absolute atomic E-state index is 0.156. The molecule has 6 nitrogen and oxygen atoms in total. The van der Waals surface area contributed by atoms with E-state index in [1.165, 1.54) is 0 Å². The zero-order valence-corrected chi connectivity index (χ0v) is 11.1. The summed E-state index contributed by atoms with van der Waals surface area (Å²) in [6.45, 7) is 1.03. The first-order valence-corrected chi connectivity index (χ1v) is 6.74. The minimum Gasteiger partial charge on any atom is -0.486 e. The zero-order valence-electron chi connectivity index (χ0n) is 11.1. The summed E-state index contributed by atoms with van der Waals surface area (Å²) < 4.78 is 11.3. The molecule has 0 fully saturated rings. The van der Waals surface area contributed by atoms with Gasteiger partial charge in [0, 0.05) is 11.8 Å². The lowest BCUT2D eigenvalue weighted by Gasteiger charge is -2.30. The number of benzene rings is 1. The molecule has 1 aromatic heterocycles. The third kappa shape index (κ3) is 1.96. The lowest BCUT2D eigenvalue weighted by atomic mass is 10.1. The number of carbonyl (C=O) groups is 1. The molecule has 2 N–H and O–H groups in total. The summed E-state index contributed by atoms with van der Waals surface area (Å²) >= 11 is 0. The summed E-state index contributed by atoms with van der Waals surface area (Å²) in [6.07, 6.45) is 1.26. The molecule has 106 valence electrons. The van der Waals surface area contributed by atoms with Gasteiger partial charge >= 0.3 is 0 Å². The molecule has 0 saturated carbocycles. The van der Waals surface area contributed by atoms with Crippen molar-refractivity contribution in [1.29, 1.82) is 0 Å². The molecule has 0 radical (unpaired) electrons. The van der Waals surface area contributed by atoms with Crippen LogP contribution in [0, 0.1) is 0 Å². The summed E-state index contributed by atoms with van der Waals surface area (Å²) in [6, 6.07) is 9.11. The number of aromatic nitrogens is 1. The predicted octanol–water partition coefficient (Wildman–Crippen LogP) is 1.71. The lowest BCUT2D eigenvalue weighted by Crippen LogP contribution is -2.39. The van der Waals surface area contributed by atoms with E-state index < -0.39 is 6.17 Å². The second kappa shape index (κ2) is 4.66. The van der Waals surface area contributed by atoms with Gasteiger partial charge in [0.1, 0.15) is 25.2 Å². The molecule has 21 heavy (non-hydrogen) atoms. The van der Waals surface area contributed by atoms with Crippen molar-refractivity contribution in [2.75, 3.05) is 18.5 Å². The third-order valence-electron chi connectivity index (χ3n) is 3.52. The van der Waals surface area contributed by atoms with Crippen molar-refractivity contribution in [2.24, 2.45) is 0 Å². The highest BCUT2D eigenvalue weighted by molar-refractivity contribution is 6.00. The van der Waals surface area contributed by atoms with Gasteiger partial charge in [-0.15, -0.1) is 0 Å². The fourth-order valence-electron chi connectivity index (χ4n) is 2.56. The van der Waals surface area contributed by atoms with E-state index in [-0.39, 0.29) is 5.91 Å². The number of ether oxygens (including phenoxy) is 2. The molecule has 2 aromatic rings. The average Bonchev–Trinajstić information content (AvgIpc) is 2.54. The number of para-hydroxylation sites is 1. The van der Waals surface area contributed by atoms with E-state index in [1.54, 1.807) is 18.3 Å². The van der Waals surface area contributed by atoms with Crippen LogP contribution in [-0.4, -0.2) is 24.1 Å². The van der Waals surface area contributed by atoms with Gasteiger partial charge in [-0.2, -0.15) is 0 Å². The van der Waals surface area contributed by atoms with E-state index in [0.29, 0.717) is 36.1 Å². The number of amides is 1. The molecule has 6 heteroatoms. The normalized spacial score (nSPS) is 19.2. The van der Waals surface area contributed by atoms with Crippen molar-refractivity contribution in [2.45, 2.75) is 6.17 Å². The largest absolute Gasteiger partial charge is 0.486 e. The Hall–Kier alpha value is -2.76. The number of hydrogen-bond donors (Lipinski definition) is 2. The molecule has 0 aliphatic carbocycles. The van der Waals surface area contributed by atoms with Gasteiger partial charge in [0.2, 0.25) is 0 Å². The van der Waals surface area contributed by atoms with Crippen LogP contribution < -0.4 is 20.1 Å².